The van der Waals surface area contributed by atoms with Gasteiger partial charge in [-0.15, -0.1) is 0 Å². The lowest BCUT2D eigenvalue weighted by atomic mass is 10.1. The number of quaternary nitrogens is 1. The summed E-state index contributed by atoms with van der Waals surface area (Å²) in [6.45, 7) is 7.80. The van der Waals surface area contributed by atoms with Crippen molar-refractivity contribution in [3.05, 3.63) is 41.5 Å². The third kappa shape index (κ3) is 2.93. The van der Waals surface area contributed by atoms with Crippen molar-refractivity contribution < 1.29 is 14.0 Å². The van der Waals surface area contributed by atoms with Crippen molar-refractivity contribution in [1.82, 2.24) is 4.98 Å². The molecule has 1 aromatic carbocycles. The molecule has 1 aliphatic rings. The van der Waals surface area contributed by atoms with E-state index in [1.54, 1.807) is 4.90 Å². The number of nitriles is 1. The average molecular weight is 337 g/mol. The van der Waals surface area contributed by atoms with E-state index in [-0.39, 0.29) is 0 Å². The number of rotatable bonds is 4. The molecule has 3 heterocycles. The van der Waals surface area contributed by atoms with Crippen LogP contribution in [0.5, 0.6) is 0 Å². The summed E-state index contributed by atoms with van der Waals surface area (Å²) in [5.74, 6) is 1.02. The molecule has 1 aliphatic heterocycles. The Labute approximate surface area is 146 Å². The quantitative estimate of drug-likeness (QED) is 0.604. The zero-order valence-corrected chi connectivity index (χ0v) is 14.4. The van der Waals surface area contributed by atoms with Crippen LogP contribution in [-0.4, -0.2) is 44.4 Å². The van der Waals surface area contributed by atoms with E-state index < -0.39 is 0 Å². The lowest BCUT2D eigenvalue weighted by molar-refractivity contribution is -0.906. The van der Waals surface area contributed by atoms with Gasteiger partial charge in [0.2, 0.25) is 11.5 Å². The molecule has 3 aromatic rings. The molecule has 25 heavy (non-hydrogen) atoms. The van der Waals surface area contributed by atoms with Gasteiger partial charge >= 0.3 is 0 Å². The van der Waals surface area contributed by atoms with Crippen LogP contribution in [0.15, 0.2) is 30.3 Å². The smallest absolute Gasteiger partial charge is 0.250 e. The van der Waals surface area contributed by atoms with Crippen LogP contribution in [-0.2, 0) is 4.74 Å². The number of nitrogens with one attached hydrogen (secondary N) is 3. The van der Waals surface area contributed by atoms with Crippen molar-refractivity contribution in [1.29, 1.82) is 5.26 Å². The van der Waals surface area contributed by atoms with Gasteiger partial charge in [-0.05, 0) is 24.6 Å². The van der Waals surface area contributed by atoms with Gasteiger partial charge < -0.3 is 9.64 Å². The molecule has 0 saturated carbocycles. The highest BCUT2D eigenvalue weighted by molar-refractivity contribution is 5.77. The number of hydrogen-bond acceptors (Lipinski definition) is 3. The lowest BCUT2D eigenvalue weighted by Gasteiger charge is -2.23. The Kier molecular flexibility index (Phi) is 4.26. The Morgan fingerprint density at radius 2 is 2.12 bits per heavy atom. The molecule has 4 rings (SSSR count). The predicted molar refractivity (Wildman–Crippen MR) is 95.8 cm³/mol. The Hall–Kier alpha value is -2.62. The normalized spacial score (nSPS) is 15.5. The van der Waals surface area contributed by atoms with E-state index >= 15 is 0 Å². The number of benzene rings is 1. The van der Waals surface area contributed by atoms with E-state index in [9.17, 15) is 5.26 Å². The first-order valence-electron chi connectivity index (χ1n) is 8.79. The molecular weight excluding hydrogens is 314 g/mol. The number of fused-ring (bicyclic) bond motifs is 3. The average Bonchev–Trinajstić information content (AvgIpc) is 3.02. The number of anilines is 1. The van der Waals surface area contributed by atoms with E-state index in [0.717, 1.165) is 67.5 Å². The number of aromatic amines is 1. The number of H-pyrrole nitrogens is 1. The second-order valence-corrected chi connectivity index (χ2v) is 6.56. The Balaban J connectivity index is 1.69. The third-order valence-electron chi connectivity index (χ3n) is 4.94. The zero-order valence-electron chi connectivity index (χ0n) is 14.4. The van der Waals surface area contributed by atoms with E-state index in [4.69, 9.17) is 4.74 Å². The van der Waals surface area contributed by atoms with Gasteiger partial charge in [0, 0.05) is 6.07 Å². The number of hydrogen-bond donors (Lipinski definition) is 3. The fourth-order valence-electron chi connectivity index (χ4n) is 3.58. The summed E-state index contributed by atoms with van der Waals surface area (Å²) < 4.78 is 7.54. The van der Waals surface area contributed by atoms with Gasteiger partial charge in [0.05, 0.1) is 13.2 Å². The van der Waals surface area contributed by atoms with E-state index in [2.05, 4.69) is 32.9 Å². The molecule has 0 aliphatic carbocycles. The molecule has 0 radical (unpaired) electrons. The van der Waals surface area contributed by atoms with Crippen molar-refractivity contribution in [2.45, 2.75) is 6.92 Å². The second-order valence-electron chi connectivity index (χ2n) is 6.56. The molecule has 1 fully saturated rings. The largest absolute Gasteiger partial charge is 0.370 e. The molecule has 1 saturated heterocycles. The number of morpholine rings is 1. The molecule has 6 heteroatoms. The number of aromatic nitrogens is 2. The maximum absolute atomic E-state index is 9.56. The number of nitrogens with zero attached hydrogens (tertiary/aromatic N) is 2. The number of pyridine rings is 1. The molecular formula is C19H23N5O+2. The Morgan fingerprint density at radius 3 is 2.92 bits per heavy atom. The van der Waals surface area contributed by atoms with Crippen LogP contribution in [0.1, 0.15) is 11.1 Å². The fraction of sp³-hybridized carbons (Fsp3) is 0.368. The zero-order chi connectivity index (χ0) is 17.2. The minimum Gasteiger partial charge on any atom is -0.370 e. The Bertz CT molecular complexity index is 950. The van der Waals surface area contributed by atoms with Crippen molar-refractivity contribution in [3.63, 3.8) is 0 Å². The highest BCUT2D eigenvalue weighted by atomic mass is 16.5. The van der Waals surface area contributed by atoms with Gasteiger partial charge in [-0.2, -0.15) is 9.66 Å². The summed E-state index contributed by atoms with van der Waals surface area (Å²) in [6, 6.07) is 12.6. The summed E-state index contributed by atoms with van der Waals surface area (Å²) in [6.07, 6.45) is 0. The first-order valence-corrected chi connectivity index (χ1v) is 8.79. The minimum atomic E-state index is 0.695. The van der Waals surface area contributed by atoms with Crippen molar-refractivity contribution >= 4 is 22.5 Å². The first-order chi connectivity index (χ1) is 12.3. The van der Waals surface area contributed by atoms with E-state index in [1.807, 2.05) is 25.1 Å². The van der Waals surface area contributed by atoms with Crippen molar-refractivity contribution in [2.24, 2.45) is 0 Å². The summed E-state index contributed by atoms with van der Waals surface area (Å²) >= 11 is 0. The molecule has 0 amide bonds. The van der Waals surface area contributed by atoms with Crippen LogP contribution in [0.4, 0.5) is 5.82 Å². The van der Waals surface area contributed by atoms with Gasteiger partial charge in [-0.3, -0.25) is 10.3 Å². The van der Waals surface area contributed by atoms with Gasteiger partial charge in [0.15, 0.2) is 0 Å². The monoisotopic (exact) mass is 337 g/mol. The molecule has 128 valence electrons. The SMILES string of the molecule is Cc1cc(NCC[NH+]2CCOCC2)[n+]2c([nH]c3ccccc32)c1C#N. The maximum Gasteiger partial charge on any atom is 0.250 e. The molecule has 3 N–H and O–H groups in total. The Morgan fingerprint density at radius 1 is 1.32 bits per heavy atom. The van der Waals surface area contributed by atoms with Crippen LogP contribution < -0.4 is 14.6 Å². The number of imidazole rings is 1. The maximum atomic E-state index is 9.56. The standard InChI is InChI=1S/C19H21N5O/c1-14-12-18(21-6-7-23-8-10-25-11-9-23)24-17-5-3-2-4-16(17)22-19(24)15(14)13-20/h2-5,12H,6-11H2,1H3,(H,21,22)/p+2. The van der Waals surface area contributed by atoms with Gasteiger partial charge in [0.1, 0.15) is 48.8 Å². The highest BCUT2D eigenvalue weighted by Crippen LogP contribution is 2.19. The molecule has 2 aromatic heterocycles. The van der Waals surface area contributed by atoms with Gasteiger partial charge in [-0.1, -0.05) is 12.1 Å². The van der Waals surface area contributed by atoms with Crippen LogP contribution in [0.2, 0.25) is 0 Å². The van der Waals surface area contributed by atoms with Crippen molar-refractivity contribution in [2.75, 3.05) is 44.7 Å². The summed E-state index contributed by atoms with van der Waals surface area (Å²) in [5.41, 5.74) is 4.64. The third-order valence-corrected chi connectivity index (χ3v) is 4.94. The van der Waals surface area contributed by atoms with Gasteiger partial charge in [0.25, 0.3) is 0 Å². The topological polar surface area (TPSA) is 69.4 Å². The minimum absolute atomic E-state index is 0.695. The van der Waals surface area contributed by atoms with Crippen LogP contribution in [0.25, 0.3) is 16.7 Å². The van der Waals surface area contributed by atoms with Crippen LogP contribution in [0.3, 0.4) is 0 Å². The van der Waals surface area contributed by atoms with Gasteiger partial charge in [-0.25, -0.2) is 0 Å². The van der Waals surface area contributed by atoms with Crippen LogP contribution in [0, 0.1) is 18.3 Å². The first kappa shape index (κ1) is 15.9. The highest BCUT2D eigenvalue weighted by Gasteiger charge is 2.21. The summed E-state index contributed by atoms with van der Waals surface area (Å²) in [5, 5.41) is 13.1. The number of para-hydroxylation sites is 2. The molecule has 6 nitrogen and oxygen atoms in total. The predicted octanol–water partition coefficient (Wildman–Crippen LogP) is 0.414. The molecule has 0 bridgehead atoms. The molecule has 0 spiro atoms. The van der Waals surface area contributed by atoms with Crippen LogP contribution >= 0.6 is 0 Å². The number of ether oxygens (including phenoxy) is 1. The summed E-state index contributed by atoms with van der Waals surface area (Å²) in [4.78, 5) is 4.97. The lowest BCUT2D eigenvalue weighted by Crippen LogP contribution is -3.14. The second kappa shape index (κ2) is 6.71. The van der Waals surface area contributed by atoms with E-state index in [0.29, 0.717) is 5.56 Å². The van der Waals surface area contributed by atoms with Crippen molar-refractivity contribution in [3.8, 4) is 6.07 Å². The molecule has 0 atom stereocenters. The fourth-order valence-corrected chi connectivity index (χ4v) is 3.58. The van der Waals surface area contributed by atoms with E-state index in [1.165, 1.54) is 0 Å². The number of aryl methyl sites for hydroxylation is 1. The molecule has 0 unspecified atom stereocenters. The summed E-state index contributed by atoms with van der Waals surface area (Å²) in [7, 11) is 0.